The Morgan fingerprint density at radius 2 is 2.03 bits per heavy atom. The average molecular weight is 399 g/mol. The van der Waals surface area contributed by atoms with Gasteiger partial charge < -0.3 is 20.6 Å². The van der Waals surface area contributed by atoms with Gasteiger partial charge in [0.15, 0.2) is 6.21 Å². The number of hydrogen-bond acceptors (Lipinski definition) is 3. The van der Waals surface area contributed by atoms with Gasteiger partial charge in [0.05, 0.1) is 28.8 Å². The quantitative estimate of drug-likeness (QED) is 0.428. The molecule has 1 amide bonds. The molecule has 0 aliphatic carbocycles. The number of imidazole rings is 1. The van der Waals surface area contributed by atoms with Crippen LogP contribution in [-0.4, -0.2) is 26.2 Å². The fourth-order valence-corrected chi connectivity index (χ4v) is 3.67. The van der Waals surface area contributed by atoms with Gasteiger partial charge in [0, 0.05) is 35.2 Å². The second kappa shape index (κ2) is 7.71. The largest absolute Gasteiger partial charge is 0.404 e. The van der Waals surface area contributed by atoms with Crippen LogP contribution >= 0.6 is 0 Å². The number of amides is 1. The standard InChI is InChI=1S/C23H22N6O/c1-2-15-10-16(23(26)30)6-7-20(15)29-9-8-18-21(4-3-5-22(18)29)28-13-19(27-14-28)17(11-24)12-25/h3-14,24H,2,25H2,1H3,(H2,26,30)/p+1/b17-12+,24-11?. The molecule has 30 heavy (non-hydrogen) atoms. The molecule has 7 heteroatoms. The molecule has 0 bridgehead atoms. The number of aromatic nitrogens is 3. The Morgan fingerprint density at radius 1 is 1.20 bits per heavy atom. The Balaban J connectivity index is 1.84. The molecule has 0 radical (unpaired) electrons. The van der Waals surface area contributed by atoms with Crippen LogP contribution in [0.2, 0.25) is 0 Å². The second-order valence-corrected chi connectivity index (χ2v) is 6.91. The van der Waals surface area contributed by atoms with Crippen LogP contribution in [-0.2, 0) is 6.42 Å². The molecular weight excluding hydrogens is 376 g/mol. The van der Waals surface area contributed by atoms with E-state index in [9.17, 15) is 4.79 Å². The lowest BCUT2D eigenvalue weighted by molar-refractivity contribution is -0.103. The van der Waals surface area contributed by atoms with E-state index in [4.69, 9.17) is 16.9 Å². The minimum absolute atomic E-state index is 0.424. The molecule has 4 aromatic rings. The maximum Gasteiger partial charge on any atom is 0.248 e. The lowest BCUT2D eigenvalue weighted by Crippen LogP contribution is -2.30. The molecule has 7 nitrogen and oxygen atoms in total. The van der Waals surface area contributed by atoms with Crippen molar-refractivity contribution in [1.82, 2.24) is 14.1 Å². The number of hydrogen-bond donors (Lipinski definition) is 3. The number of nitrogens with two attached hydrogens (primary N) is 3. The van der Waals surface area contributed by atoms with Gasteiger partial charge in [0.2, 0.25) is 5.91 Å². The van der Waals surface area contributed by atoms with Crippen LogP contribution in [0.5, 0.6) is 0 Å². The third-order valence-electron chi connectivity index (χ3n) is 5.23. The fourth-order valence-electron chi connectivity index (χ4n) is 3.67. The first-order valence-corrected chi connectivity index (χ1v) is 9.62. The van der Waals surface area contributed by atoms with Crippen LogP contribution in [0.25, 0.3) is 27.9 Å². The van der Waals surface area contributed by atoms with Crippen molar-refractivity contribution in [3.8, 4) is 11.4 Å². The average Bonchev–Trinajstić information content (AvgIpc) is 3.41. The molecule has 0 atom stereocenters. The summed E-state index contributed by atoms with van der Waals surface area (Å²) in [5, 5.41) is 6.69. The Morgan fingerprint density at radius 3 is 2.73 bits per heavy atom. The number of carbonyl (C=O) groups excluding carboxylic acids is 1. The van der Waals surface area contributed by atoms with Gasteiger partial charge >= 0.3 is 0 Å². The van der Waals surface area contributed by atoms with Gasteiger partial charge in [0.25, 0.3) is 0 Å². The van der Waals surface area contributed by atoms with Crippen molar-refractivity contribution in [3.63, 3.8) is 0 Å². The highest BCUT2D eigenvalue weighted by Gasteiger charge is 2.13. The fraction of sp³-hybridized carbons (Fsp3) is 0.0870. The van der Waals surface area contributed by atoms with Crippen LogP contribution in [0.4, 0.5) is 0 Å². The molecule has 0 saturated heterocycles. The third-order valence-corrected chi connectivity index (χ3v) is 5.23. The number of carbonyl (C=O) groups is 1. The van der Waals surface area contributed by atoms with E-state index in [1.165, 1.54) is 12.4 Å². The highest BCUT2D eigenvalue weighted by Crippen LogP contribution is 2.28. The predicted octanol–water partition coefficient (Wildman–Crippen LogP) is 1.61. The molecule has 2 aromatic heterocycles. The van der Waals surface area contributed by atoms with Crippen LogP contribution < -0.4 is 16.9 Å². The first kappa shape index (κ1) is 19.2. The van der Waals surface area contributed by atoms with Crippen molar-refractivity contribution in [1.29, 1.82) is 0 Å². The van der Waals surface area contributed by atoms with E-state index >= 15 is 0 Å². The smallest absolute Gasteiger partial charge is 0.248 e. The van der Waals surface area contributed by atoms with Gasteiger partial charge in [-0.1, -0.05) is 13.0 Å². The molecular formula is C23H23N6O+. The highest BCUT2D eigenvalue weighted by atomic mass is 16.1. The van der Waals surface area contributed by atoms with E-state index in [1.54, 1.807) is 12.4 Å². The van der Waals surface area contributed by atoms with Crippen molar-refractivity contribution in [3.05, 3.63) is 84.2 Å². The van der Waals surface area contributed by atoms with E-state index in [0.717, 1.165) is 34.3 Å². The summed E-state index contributed by atoms with van der Waals surface area (Å²) >= 11 is 0. The van der Waals surface area contributed by atoms with Gasteiger partial charge in [-0.2, -0.15) is 0 Å². The Kier molecular flexibility index (Phi) is 4.93. The first-order valence-electron chi connectivity index (χ1n) is 9.62. The third kappa shape index (κ3) is 3.16. The number of aryl methyl sites for hydroxylation is 1. The molecule has 0 aliphatic heterocycles. The number of nitrogens with zero attached hydrogens (tertiary/aromatic N) is 3. The maximum absolute atomic E-state index is 11.6. The van der Waals surface area contributed by atoms with Gasteiger partial charge in [-0.05, 0) is 48.4 Å². The zero-order chi connectivity index (χ0) is 21.3. The summed E-state index contributed by atoms with van der Waals surface area (Å²) in [5.74, 6) is -0.424. The number of benzene rings is 2. The van der Waals surface area contributed by atoms with Gasteiger partial charge in [0.1, 0.15) is 0 Å². The lowest BCUT2D eigenvalue weighted by atomic mass is 10.1. The lowest BCUT2D eigenvalue weighted by Gasteiger charge is -2.13. The van der Waals surface area contributed by atoms with E-state index in [1.807, 2.05) is 41.2 Å². The number of allylic oxidation sites excluding steroid dienone is 1. The molecule has 150 valence electrons. The molecule has 0 aliphatic rings. The SMILES string of the molecule is CCc1cc(C(N)=O)ccc1-n1ccc2c(-n3cnc(/C(C=[NH2+])=C/N)c3)cccc21. The number of rotatable bonds is 6. The van der Waals surface area contributed by atoms with E-state index in [-0.39, 0.29) is 0 Å². The molecule has 0 spiro atoms. The summed E-state index contributed by atoms with van der Waals surface area (Å²) in [7, 11) is 0. The predicted molar refractivity (Wildman–Crippen MR) is 118 cm³/mol. The minimum Gasteiger partial charge on any atom is -0.404 e. The summed E-state index contributed by atoms with van der Waals surface area (Å²) in [5.41, 5.74) is 17.1. The monoisotopic (exact) mass is 399 g/mol. The summed E-state index contributed by atoms with van der Waals surface area (Å²) < 4.78 is 4.07. The van der Waals surface area contributed by atoms with E-state index < -0.39 is 5.91 Å². The van der Waals surface area contributed by atoms with Crippen molar-refractivity contribution in [2.75, 3.05) is 0 Å². The summed E-state index contributed by atoms with van der Waals surface area (Å²) in [4.78, 5) is 16.0. The van der Waals surface area contributed by atoms with Crippen LogP contribution in [0.15, 0.2) is 67.4 Å². The van der Waals surface area contributed by atoms with Crippen molar-refractivity contribution < 1.29 is 10.2 Å². The van der Waals surface area contributed by atoms with Crippen LogP contribution in [0.3, 0.4) is 0 Å². The zero-order valence-corrected chi connectivity index (χ0v) is 16.6. The Hall–Kier alpha value is -4.13. The Labute approximate surface area is 173 Å². The first-order chi connectivity index (χ1) is 14.6. The van der Waals surface area contributed by atoms with Crippen molar-refractivity contribution >= 4 is 28.6 Å². The topological polar surface area (TPSA) is 117 Å². The van der Waals surface area contributed by atoms with E-state index in [2.05, 4.69) is 28.6 Å². The Bertz CT molecular complexity index is 1290. The van der Waals surface area contributed by atoms with Crippen molar-refractivity contribution in [2.24, 2.45) is 11.5 Å². The normalized spacial score (nSPS) is 11.7. The molecule has 2 aromatic carbocycles. The number of fused-ring (bicyclic) bond motifs is 1. The van der Waals surface area contributed by atoms with E-state index in [0.29, 0.717) is 16.8 Å². The second-order valence-electron chi connectivity index (χ2n) is 6.91. The zero-order valence-electron chi connectivity index (χ0n) is 16.6. The molecule has 0 unspecified atom stereocenters. The minimum atomic E-state index is -0.424. The van der Waals surface area contributed by atoms with Gasteiger partial charge in [-0.25, -0.2) is 4.98 Å². The summed E-state index contributed by atoms with van der Waals surface area (Å²) in [6.45, 7) is 2.06. The van der Waals surface area contributed by atoms with Crippen molar-refractivity contribution in [2.45, 2.75) is 13.3 Å². The maximum atomic E-state index is 11.6. The molecule has 2 heterocycles. The summed E-state index contributed by atoms with van der Waals surface area (Å²) in [6, 6.07) is 13.7. The molecule has 4 rings (SSSR count). The highest BCUT2D eigenvalue weighted by molar-refractivity contribution is 6.05. The van der Waals surface area contributed by atoms with Gasteiger partial charge in [-0.15, -0.1) is 0 Å². The van der Waals surface area contributed by atoms with Crippen LogP contribution in [0.1, 0.15) is 28.5 Å². The number of primary amides is 1. The molecule has 6 N–H and O–H groups in total. The van der Waals surface area contributed by atoms with Gasteiger partial charge in [-0.3, -0.25) is 10.2 Å². The summed E-state index contributed by atoms with van der Waals surface area (Å²) in [6.07, 6.45) is 9.33. The molecule has 0 saturated carbocycles. The van der Waals surface area contributed by atoms with Crippen LogP contribution in [0, 0.1) is 0 Å². The molecule has 0 fully saturated rings.